The van der Waals surface area contributed by atoms with E-state index >= 15 is 0 Å². The summed E-state index contributed by atoms with van der Waals surface area (Å²) in [6, 6.07) is 15.5. The molecule has 0 radical (unpaired) electrons. The van der Waals surface area contributed by atoms with Crippen LogP contribution in [0.15, 0.2) is 58.6 Å². The molecule has 2 heterocycles. The van der Waals surface area contributed by atoms with Gasteiger partial charge in [-0.05, 0) is 74.5 Å². The van der Waals surface area contributed by atoms with Gasteiger partial charge in [-0.25, -0.2) is 9.78 Å². The fraction of sp³-hybridized carbons (Fsp3) is 0.192. The van der Waals surface area contributed by atoms with E-state index in [1.54, 1.807) is 38.5 Å². The lowest BCUT2D eigenvalue weighted by Crippen LogP contribution is -2.00. The number of hydrogen-bond acceptors (Lipinski definition) is 6. The molecule has 0 fully saturated rings. The van der Waals surface area contributed by atoms with Crippen molar-refractivity contribution in [3.8, 4) is 28.6 Å². The second kappa shape index (κ2) is 10.1. The van der Waals surface area contributed by atoms with Crippen molar-refractivity contribution in [2.24, 2.45) is 0 Å². The van der Waals surface area contributed by atoms with E-state index in [1.165, 1.54) is 5.56 Å². The number of benzene rings is 2. The lowest BCUT2D eigenvalue weighted by Gasteiger charge is -2.10. The number of nitrogens with zero attached hydrogens (tertiary/aromatic N) is 3. The van der Waals surface area contributed by atoms with Gasteiger partial charge in [-0.2, -0.15) is 0 Å². The van der Waals surface area contributed by atoms with Crippen LogP contribution in [-0.4, -0.2) is 45.0 Å². The number of aryl methyl sites for hydroxylation is 2. The number of nitrogens with one attached hydrogen (secondary N) is 1. The first-order valence-corrected chi connectivity index (χ1v) is 11.7. The smallest absolute Gasteiger partial charge is 0.342 e. The Morgan fingerprint density at radius 3 is 2.29 bits per heavy atom. The molecule has 0 aliphatic carbocycles. The number of thioether (sulfide) groups is 1. The van der Waals surface area contributed by atoms with Gasteiger partial charge in [0.25, 0.3) is 0 Å². The van der Waals surface area contributed by atoms with Gasteiger partial charge in [0.05, 0.1) is 14.2 Å². The van der Waals surface area contributed by atoms with Crippen molar-refractivity contribution in [2.75, 3.05) is 14.2 Å². The summed E-state index contributed by atoms with van der Waals surface area (Å²) >= 11 is 0.985. The van der Waals surface area contributed by atoms with Crippen LogP contribution >= 0.6 is 11.8 Å². The first-order valence-electron chi connectivity index (χ1n) is 10.8. The zero-order valence-electron chi connectivity index (χ0n) is 20.1. The van der Waals surface area contributed by atoms with E-state index in [9.17, 15) is 9.90 Å². The molecule has 0 aliphatic rings. The molecule has 2 N–H and O–H groups in total. The minimum absolute atomic E-state index is 0.114. The van der Waals surface area contributed by atoms with Gasteiger partial charge in [0.1, 0.15) is 16.4 Å². The van der Waals surface area contributed by atoms with Gasteiger partial charge in [-0.1, -0.05) is 17.7 Å². The zero-order valence-corrected chi connectivity index (χ0v) is 20.9. The number of H-pyrrole nitrogens is 1. The molecule has 0 bridgehead atoms. The maximum Gasteiger partial charge on any atom is 0.342 e. The van der Waals surface area contributed by atoms with Crippen LogP contribution in [0.1, 0.15) is 22.5 Å². The lowest BCUT2D eigenvalue weighted by atomic mass is 10.2. The number of hydrogen-bond donors (Lipinski definition) is 2. The first-order chi connectivity index (χ1) is 16.8. The van der Waals surface area contributed by atoms with E-state index in [0.29, 0.717) is 28.0 Å². The van der Waals surface area contributed by atoms with Crippen LogP contribution in [0.4, 0.5) is 0 Å². The Bertz CT molecular complexity index is 1380. The minimum atomic E-state index is -1.05. The highest BCUT2D eigenvalue weighted by molar-refractivity contribution is 8.04. The van der Waals surface area contributed by atoms with Gasteiger partial charge in [0.15, 0.2) is 5.82 Å². The fourth-order valence-corrected chi connectivity index (χ4v) is 4.46. The molecule has 0 atom stereocenters. The zero-order chi connectivity index (χ0) is 25.1. The highest BCUT2D eigenvalue weighted by Gasteiger charge is 2.17. The van der Waals surface area contributed by atoms with E-state index in [1.807, 2.05) is 26.8 Å². The SMILES string of the molecule is COc1cc(OC)cc(-c2nc(S/C(=C\c3cc(C)n(-c4ccc(C)cc4)c3C)C(=O)O)n[nH]2)c1. The minimum Gasteiger partial charge on any atom is -0.497 e. The van der Waals surface area contributed by atoms with E-state index in [0.717, 1.165) is 34.4 Å². The number of aromatic amines is 1. The largest absolute Gasteiger partial charge is 0.497 e. The van der Waals surface area contributed by atoms with Crippen LogP contribution in [0, 0.1) is 20.8 Å². The Hall–Kier alpha value is -3.98. The lowest BCUT2D eigenvalue weighted by molar-refractivity contribution is -0.131. The van der Waals surface area contributed by atoms with Crippen LogP contribution in [0.3, 0.4) is 0 Å². The monoisotopic (exact) mass is 490 g/mol. The average Bonchev–Trinajstić information content (AvgIpc) is 3.43. The number of carboxylic acids is 1. The van der Waals surface area contributed by atoms with E-state index < -0.39 is 5.97 Å². The van der Waals surface area contributed by atoms with Crippen LogP contribution in [-0.2, 0) is 4.79 Å². The van der Waals surface area contributed by atoms with Crippen molar-refractivity contribution >= 4 is 23.8 Å². The summed E-state index contributed by atoms with van der Waals surface area (Å²) < 4.78 is 12.7. The molecular formula is C26H26N4O4S. The molecule has 35 heavy (non-hydrogen) atoms. The second-order valence-electron chi connectivity index (χ2n) is 7.98. The van der Waals surface area contributed by atoms with Gasteiger partial charge in [0.2, 0.25) is 5.16 Å². The van der Waals surface area contributed by atoms with Crippen molar-refractivity contribution in [1.82, 2.24) is 19.7 Å². The van der Waals surface area contributed by atoms with E-state index in [2.05, 4.69) is 44.0 Å². The van der Waals surface area contributed by atoms with E-state index in [-0.39, 0.29) is 4.91 Å². The van der Waals surface area contributed by atoms with Crippen molar-refractivity contribution in [3.63, 3.8) is 0 Å². The summed E-state index contributed by atoms with van der Waals surface area (Å²) in [5.41, 5.74) is 5.70. The number of methoxy groups -OCH3 is 2. The Labute approximate surface area is 207 Å². The summed E-state index contributed by atoms with van der Waals surface area (Å²) in [6.07, 6.45) is 1.66. The average molecular weight is 491 g/mol. The molecule has 0 amide bonds. The molecule has 0 spiro atoms. The predicted molar refractivity (Wildman–Crippen MR) is 136 cm³/mol. The Kier molecular flexibility index (Phi) is 6.97. The van der Waals surface area contributed by atoms with Crippen molar-refractivity contribution in [2.45, 2.75) is 25.9 Å². The predicted octanol–water partition coefficient (Wildman–Crippen LogP) is 5.42. The topological polar surface area (TPSA) is 102 Å². The molecule has 0 unspecified atom stereocenters. The molecule has 180 valence electrons. The van der Waals surface area contributed by atoms with Gasteiger partial charge >= 0.3 is 5.97 Å². The molecule has 8 nitrogen and oxygen atoms in total. The van der Waals surface area contributed by atoms with Crippen molar-refractivity contribution < 1.29 is 19.4 Å². The summed E-state index contributed by atoms with van der Waals surface area (Å²) in [4.78, 5) is 16.7. The second-order valence-corrected chi connectivity index (χ2v) is 8.99. The van der Waals surface area contributed by atoms with Crippen LogP contribution in [0.2, 0.25) is 0 Å². The van der Waals surface area contributed by atoms with Gasteiger partial charge in [-0.15, -0.1) is 5.10 Å². The van der Waals surface area contributed by atoms with Crippen molar-refractivity contribution in [3.05, 3.63) is 76.0 Å². The highest BCUT2D eigenvalue weighted by Crippen LogP contribution is 2.32. The quantitative estimate of drug-likeness (QED) is 0.251. The first kappa shape index (κ1) is 24.2. The highest BCUT2D eigenvalue weighted by atomic mass is 32.2. The van der Waals surface area contributed by atoms with E-state index in [4.69, 9.17) is 9.47 Å². The van der Waals surface area contributed by atoms with Crippen molar-refractivity contribution in [1.29, 1.82) is 0 Å². The van der Waals surface area contributed by atoms with Gasteiger partial charge < -0.3 is 19.1 Å². The molecule has 0 saturated heterocycles. The molecule has 2 aromatic heterocycles. The summed E-state index contributed by atoms with van der Waals surface area (Å²) in [5.74, 6) is 0.650. The van der Waals surface area contributed by atoms with Gasteiger partial charge in [-0.3, -0.25) is 5.10 Å². The normalized spacial score (nSPS) is 11.5. The van der Waals surface area contributed by atoms with Gasteiger partial charge in [0, 0.05) is 28.7 Å². The third-order valence-electron chi connectivity index (χ3n) is 5.55. The standard InChI is InChI=1S/C26H26N4O4S/c1-15-6-8-20(9-7-15)30-16(2)10-18(17(30)3)13-23(25(31)32)35-26-27-24(28-29-26)19-11-21(33-4)14-22(12-19)34-5/h6-14H,1-5H3,(H,31,32)(H,27,28,29)/b23-13-. The number of aliphatic carboxylic acids is 1. The molecule has 9 heteroatoms. The molecule has 4 rings (SSSR count). The summed E-state index contributed by atoms with van der Waals surface area (Å²) in [7, 11) is 3.14. The molecule has 4 aromatic rings. The number of aromatic nitrogens is 4. The third-order valence-corrected chi connectivity index (χ3v) is 6.43. The fourth-order valence-electron chi connectivity index (χ4n) is 3.76. The Morgan fingerprint density at radius 2 is 1.69 bits per heavy atom. The number of carboxylic acid groups (broad SMARTS) is 1. The van der Waals surface area contributed by atoms with Crippen LogP contribution < -0.4 is 9.47 Å². The Morgan fingerprint density at radius 1 is 1.03 bits per heavy atom. The summed E-state index contributed by atoms with van der Waals surface area (Å²) in [6.45, 7) is 6.02. The molecule has 0 aliphatic heterocycles. The van der Waals surface area contributed by atoms with Crippen LogP contribution in [0.25, 0.3) is 23.2 Å². The molecular weight excluding hydrogens is 464 g/mol. The number of ether oxygens (including phenoxy) is 2. The third kappa shape index (κ3) is 5.25. The number of carbonyl (C=O) groups is 1. The Balaban J connectivity index is 1.64. The maximum atomic E-state index is 12.1. The number of rotatable bonds is 8. The van der Waals surface area contributed by atoms with Crippen LogP contribution in [0.5, 0.6) is 11.5 Å². The summed E-state index contributed by atoms with van der Waals surface area (Å²) in [5, 5.41) is 17.2. The molecule has 0 saturated carbocycles. The maximum absolute atomic E-state index is 12.1. The molecule has 2 aromatic carbocycles.